The fourth-order valence-corrected chi connectivity index (χ4v) is 1.71. The summed E-state index contributed by atoms with van der Waals surface area (Å²) in [5.74, 6) is 1.75. The molecule has 0 spiro atoms. The summed E-state index contributed by atoms with van der Waals surface area (Å²) in [5.41, 5.74) is 1.17. The summed E-state index contributed by atoms with van der Waals surface area (Å²) in [6.45, 7) is 11.8. The molecule has 2 N–H and O–H groups in total. The summed E-state index contributed by atoms with van der Waals surface area (Å²) >= 11 is 0. The van der Waals surface area contributed by atoms with Gasteiger partial charge in [-0.1, -0.05) is 12.1 Å². The Kier molecular flexibility index (Phi) is 10.2. The minimum Gasteiger partial charge on any atom is -0.491 e. The van der Waals surface area contributed by atoms with Gasteiger partial charge in [-0.15, -0.1) is 24.0 Å². The molecule has 0 amide bonds. The van der Waals surface area contributed by atoms with Crippen LogP contribution in [0.25, 0.3) is 0 Å². The SMILES string of the molecule is CCNC(=NCc1ccc(OC(C)C)cc1)NC(C)C.I. The molecule has 0 fully saturated rings. The maximum atomic E-state index is 5.63. The van der Waals surface area contributed by atoms with Gasteiger partial charge in [-0.05, 0) is 52.3 Å². The van der Waals surface area contributed by atoms with Crippen LogP contribution in [0.1, 0.15) is 40.2 Å². The van der Waals surface area contributed by atoms with Crippen LogP contribution in [0.5, 0.6) is 5.75 Å². The third-order valence-electron chi connectivity index (χ3n) is 2.48. The predicted molar refractivity (Wildman–Crippen MR) is 101 cm³/mol. The van der Waals surface area contributed by atoms with E-state index >= 15 is 0 Å². The molecule has 120 valence electrons. The van der Waals surface area contributed by atoms with Gasteiger partial charge < -0.3 is 15.4 Å². The van der Waals surface area contributed by atoms with Gasteiger partial charge in [0.2, 0.25) is 0 Å². The second-order valence-electron chi connectivity index (χ2n) is 5.30. The molecule has 0 unspecified atom stereocenters. The van der Waals surface area contributed by atoms with E-state index in [0.717, 1.165) is 18.3 Å². The largest absolute Gasteiger partial charge is 0.491 e. The van der Waals surface area contributed by atoms with Crippen LogP contribution in [0.2, 0.25) is 0 Å². The molecular formula is C16H28IN3O. The highest BCUT2D eigenvalue weighted by atomic mass is 127. The third kappa shape index (κ3) is 8.80. The number of halogens is 1. The van der Waals surface area contributed by atoms with Gasteiger partial charge in [0.25, 0.3) is 0 Å². The van der Waals surface area contributed by atoms with Crippen molar-refractivity contribution in [3.05, 3.63) is 29.8 Å². The number of benzene rings is 1. The summed E-state index contributed by atoms with van der Waals surface area (Å²) in [6.07, 6.45) is 0.203. The minimum atomic E-state index is 0. The first-order chi connectivity index (χ1) is 9.51. The molecule has 0 radical (unpaired) electrons. The standard InChI is InChI=1S/C16H27N3O.HI/c1-6-17-16(19-12(2)3)18-11-14-7-9-15(10-8-14)20-13(4)5;/h7-10,12-13H,6,11H2,1-5H3,(H2,17,18,19);1H. The van der Waals surface area contributed by atoms with Gasteiger partial charge in [0, 0.05) is 12.6 Å². The molecule has 0 atom stereocenters. The van der Waals surface area contributed by atoms with E-state index in [4.69, 9.17) is 4.74 Å². The topological polar surface area (TPSA) is 45.7 Å². The van der Waals surface area contributed by atoms with E-state index < -0.39 is 0 Å². The summed E-state index contributed by atoms with van der Waals surface area (Å²) in [4.78, 5) is 4.57. The summed E-state index contributed by atoms with van der Waals surface area (Å²) in [5, 5.41) is 6.54. The summed E-state index contributed by atoms with van der Waals surface area (Å²) < 4.78 is 5.63. The Morgan fingerprint density at radius 1 is 1.14 bits per heavy atom. The number of hydrogen-bond donors (Lipinski definition) is 2. The van der Waals surface area contributed by atoms with Crippen LogP contribution >= 0.6 is 24.0 Å². The van der Waals surface area contributed by atoms with Gasteiger partial charge in [0.1, 0.15) is 5.75 Å². The number of nitrogens with one attached hydrogen (secondary N) is 2. The van der Waals surface area contributed by atoms with Crippen molar-refractivity contribution >= 4 is 29.9 Å². The molecule has 5 heteroatoms. The van der Waals surface area contributed by atoms with Crippen molar-refractivity contribution in [2.24, 2.45) is 4.99 Å². The van der Waals surface area contributed by atoms with Crippen LogP contribution in [0.3, 0.4) is 0 Å². The van der Waals surface area contributed by atoms with E-state index in [1.165, 1.54) is 5.56 Å². The molecule has 0 aliphatic heterocycles. The Hall–Kier alpha value is -0.980. The molecule has 4 nitrogen and oxygen atoms in total. The van der Waals surface area contributed by atoms with Crippen LogP contribution in [-0.4, -0.2) is 24.7 Å². The smallest absolute Gasteiger partial charge is 0.191 e. The number of guanidine groups is 1. The van der Waals surface area contributed by atoms with Gasteiger partial charge in [-0.2, -0.15) is 0 Å². The van der Waals surface area contributed by atoms with Gasteiger partial charge in [-0.3, -0.25) is 0 Å². The maximum absolute atomic E-state index is 5.63. The Balaban J connectivity index is 0.00000400. The Labute approximate surface area is 145 Å². The third-order valence-corrected chi connectivity index (χ3v) is 2.48. The minimum absolute atomic E-state index is 0. The highest BCUT2D eigenvalue weighted by Gasteiger charge is 2.01. The fraction of sp³-hybridized carbons (Fsp3) is 0.562. The zero-order valence-corrected chi connectivity index (χ0v) is 16.0. The molecule has 0 aliphatic rings. The molecule has 0 bridgehead atoms. The lowest BCUT2D eigenvalue weighted by atomic mass is 10.2. The molecule has 0 saturated heterocycles. The number of ether oxygens (including phenoxy) is 1. The zero-order valence-electron chi connectivity index (χ0n) is 13.6. The van der Waals surface area contributed by atoms with Gasteiger partial charge in [0.05, 0.1) is 12.6 Å². The average molecular weight is 405 g/mol. The van der Waals surface area contributed by atoms with Crippen molar-refractivity contribution in [2.75, 3.05) is 6.54 Å². The Morgan fingerprint density at radius 3 is 2.24 bits per heavy atom. The lowest BCUT2D eigenvalue weighted by Crippen LogP contribution is -2.40. The van der Waals surface area contributed by atoms with Gasteiger partial charge in [-0.25, -0.2) is 4.99 Å². The normalized spacial score (nSPS) is 11.3. The Morgan fingerprint density at radius 2 is 1.76 bits per heavy atom. The average Bonchev–Trinajstić information content (AvgIpc) is 2.36. The molecule has 1 aromatic rings. The number of rotatable bonds is 6. The highest BCUT2D eigenvalue weighted by molar-refractivity contribution is 14.0. The lowest BCUT2D eigenvalue weighted by molar-refractivity contribution is 0.242. The zero-order chi connectivity index (χ0) is 15.0. The molecule has 21 heavy (non-hydrogen) atoms. The van der Waals surface area contributed by atoms with E-state index in [2.05, 4.69) is 48.5 Å². The van der Waals surface area contributed by atoms with Crippen molar-refractivity contribution in [3.8, 4) is 5.75 Å². The summed E-state index contributed by atoms with van der Waals surface area (Å²) in [6, 6.07) is 8.47. The van der Waals surface area contributed by atoms with Crippen molar-refractivity contribution in [3.63, 3.8) is 0 Å². The molecule has 0 heterocycles. The van der Waals surface area contributed by atoms with Gasteiger partial charge in [0.15, 0.2) is 5.96 Å². The molecule has 1 aromatic carbocycles. The van der Waals surface area contributed by atoms with Crippen LogP contribution < -0.4 is 15.4 Å². The summed E-state index contributed by atoms with van der Waals surface area (Å²) in [7, 11) is 0. The van der Waals surface area contributed by atoms with E-state index in [0.29, 0.717) is 12.6 Å². The van der Waals surface area contributed by atoms with Crippen molar-refractivity contribution in [1.82, 2.24) is 10.6 Å². The first-order valence-corrected chi connectivity index (χ1v) is 7.31. The molecular weight excluding hydrogens is 377 g/mol. The Bertz CT molecular complexity index is 416. The van der Waals surface area contributed by atoms with E-state index in [1.807, 2.05) is 26.0 Å². The monoisotopic (exact) mass is 405 g/mol. The number of nitrogens with zero attached hydrogens (tertiary/aromatic N) is 1. The van der Waals surface area contributed by atoms with Crippen LogP contribution in [-0.2, 0) is 6.54 Å². The molecule has 1 rings (SSSR count). The van der Waals surface area contributed by atoms with Crippen molar-refractivity contribution < 1.29 is 4.74 Å². The van der Waals surface area contributed by atoms with Gasteiger partial charge >= 0.3 is 0 Å². The van der Waals surface area contributed by atoms with E-state index in [1.54, 1.807) is 0 Å². The maximum Gasteiger partial charge on any atom is 0.191 e. The molecule has 0 aliphatic carbocycles. The predicted octanol–water partition coefficient (Wildman–Crippen LogP) is 3.56. The van der Waals surface area contributed by atoms with Crippen LogP contribution in [0.4, 0.5) is 0 Å². The lowest BCUT2D eigenvalue weighted by Gasteiger charge is -2.14. The first-order valence-electron chi connectivity index (χ1n) is 7.31. The highest BCUT2D eigenvalue weighted by Crippen LogP contribution is 2.14. The van der Waals surface area contributed by atoms with Crippen molar-refractivity contribution in [2.45, 2.75) is 53.3 Å². The molecule has 0 saturated carbocycles. The second-order valence-corrected chi connectivity index (χ2v) is 5.30. The van der Waals surface area contributed by atoms with E-state index in [-0.39, 0.29) is 30.1 Å². The first kappa shape index (κ1) is 20.0. The number of hydrogen-bond acceptors (Lipinski definition) is 2. The number of aliphatic imine (C=N–C) groups is 1. The van der Waals surface area contributed by atoms with E-state index in [9.17, 15) is 0 Å². The second kappa shape index (κ2) is 10.7. The van der Waals surface area contributed by atoms with Crippen molar-refractivity contribution in [1.29, 1.82) is 0 Å². The fourth-order valence-electron chi connectivity index (χ4n) is 1.71. The quantitative estimate of drug-likeness (QED) is 0.432. The molecule has 0 aromatic heterocycles. The van der Waals surface area contributed by atoms with Crippen LogP contribution in [0, 0.1) is 0 Å². The van der Waals surface area contributed by atoms with Crippen LogP contribution in [0.15, 0.2) is 29.3 Å².